The number of nitrogen functional groups attached to an aromatic ring is 1. The van der Waals surface area contributed by atoms with Crippen molar-refractivity contribution in [2.45, 2.75) is 6.92 Å². The molecular weight excluding hydrogens is 162 g/mol. The first kappa shape index (κ1) is 9.55. The molecule has 68 valence electrons. The van der Waals surface area contributed by atoms with E-state index in [1.54, 1.807) is 0 Å². The molecule has 0 unspecified atom stereocenters. The average Bonchev–Trinajstić information content (AvgIpc) is 2.12. The van der Waals surface area contributed by atoms with E-state index in [0.29, 0.717) is 0 Å². The third-order valence-electron chi connectivity index (χ3n) is 2.19. The summed E-state index contributed by atoms with van der Waals surface area (Å²) in [5.74, 6) is 0. The topological polar surface area (TPSA) is 57.5 Å². The van der Waals surface area contributed by atoms with Gasteiger partial charge in [-0.2, -0.15) is 0 Å². The van der Waals surface area contributed by atoms with Crippen molar-refractivity contribution in [2.24, 2.45) is 0 Å². The normalized spacial score (nSPS) is 9.62. The number of benzene rings is 2. The zero-order valence-corrected chi connectivity index (χ0v) is 7.54. The first-order chi connectivity index (χ1) is 5.79. The van der Waals surface area contributed by atoms with E-state index in [2.05, 4.69) is 24.3 Å². The van der Waals surface area contributed by atoms with Crippen molar-refractivity contribution in [1.29, 1.82) is 0 Å². The van der Waals surface area contributed by atoms with Crippen LogP contribution < -0.4 is 5.73 Å². The summed E-state index contributed by atoms with van der Waals surface area (Å²) < 4.78 is 0. The predicted molar refractivity (Wildman–Crippen MR) is 56.7 cm³/mol. The molecule has 4 N–H and O–H groups in total. The van der Waals surface area contributed by atoms with Crippen molar-refractivity contribution in [2.75, 3.05) is 5.73 Å². The molecule has 13 heavy (non-hydrogen) atoms. The molecule has 2 heteroatoms. The molecule has 0 radical (unpaired) electrons. The van der Waals surface area contributed by atoms with Crippen LogP contribution in [0.25, 0.3) is 10.8 Å². The standard InChI is InChI=1S/C11H11N.H2O/c1-8-6-7-9-4-2-3-5-10(9)11(8)12;/h2-7H,12H2,1H3;1H2. The van der Waals surface area contributed by atoms with Crippen LogP contribution >= 0.6 is 0 Å². The minimum absolute atomic E-state index is 0. The third kappa shape index (κ3) is 1.48. The maximum Gasteiger partial charge on any atom is 0.0423 e. The minimum atomic E-state index is 0. The van der Waals surface area contributed by atoms with Crippen LogP contribution in [0.5, 0.6) is 0 Å². The Kier molecular flexibility index (Phi) is 2.54. The van der Waals surface area contributed by atoms with Crippen molar-refractivity contribution in [3.05, 3.63) is 42.0 Å². The van der Waals surface area contributed by atoms with Gasteiger partial charge in [0, 0.05) is 11.1 Å². The fourth-order valence-corrected chi connectivity index (χ4v) is 1.40. The highest BCUT2D eigenvalue weighted by Crippen LogP contribution is 2.23. The molecule has 2 aromatic rings. The second-order valence-electron chi connectivity index (χ2n) is 3.02. The van der Waals surface area contributed by atoms with Gasteiger partial charge in [0.2, 0.25) is 0 Å². The summed E-state index contributed by atoms with van der Waals surface area (Å²) in [6, 6.07) is 12.3. The van der Waals surface area contributed by atoms with Crippen molar-refractivity contribution in [1.82, 2.24) is 0 Å². The summed E-state index contributed by atoms with van der Waals surface area (Å²) in [6.07, 6.45) is 0. The lowest BCUT2D eigenvalue weighted by molar-refractivity contribution is 0.824. The summed E-state index contributed by atoms with van der Waals surface area (Å²) in [4.78, 5) is 0. The van der Waals surface area contributed by atoms with Crippen molar-refractivity contribution in [3.63, 3.8) is 0 Å². The molecule has 0 aliphatic heterocycles. The summed E-state index contributed by atoms with van der Waals surface area (Å²) in [5, 5.41) is 2.36. The fraction of sp³-hybridized carbons (Fsp3) is 0.0909. The van der Waals surface area contributed by atoms with Crippen LogP contribution in [0.2, 0.25) is 0 Å². The van der Waals surface area contributed by atoms with Crippen LogP contribution in [0.4, 0.5) is 5.69 Å². The van der Waals surface area contributed by atoms with Gasteiger partial charge in [-0.3, -0.25) is 0 Å². The molecule has 0 aliphatic carbocycles. The van der Waals surface area contributed by atoms with Gasteiger partial charge in [-0.05, 0) is 17.9 Å². The molecule has 0 atom stereocenters. The Hall–Kier alpha value is -1.54. The van der Waals surface area contributed by atoms with Crippen LogP contribution in [-0.4, -0.2) is 5.48 Å². The van der Waals surface area contributed by atoms with Crippen LogP contribution in [0, 0.1) is 6.92 Å². The monoisotopic (exact) mass is 175 g/mol. The van der Waals surface area contributed by atoms with Gasteiger partial charge in [-0.25, -0.2) is 0 Å². The van der Waals surface area contributed by atoms with Gasteiger partial charge in [0.15, 0.2) is 0 Å². The molecule has 2 nitrogen and oxygen atoms in total. The molecule has 2 rings (SSSR count). The Morgan fingerprint density at radius 2 is 1.69 bits per heavy atom. The quantitative estimate of drug-likeness (QED) is 0.611. The summed E-state index contributed by atoms with van der Waals surface area (Å²) >= 11 is 0. The molecule has 0 aromatic heterocycles. The average molecular weight is 175 g/mol. The van der Waals surface area contributed by atoms with Crippen LogP contribution in [0.3, 0.4) is 0 Å². The van der Waals surface area contributed by atoms with E-state index in [1.165, 1.54) is 5.39 Å². The lowest BCUT2D eigenvalue weighted by atomic mass is 10.1. The molecule has 0 spiro atoms. The summed E-state index contributed by atoms with van der Waals surface area (Å²) in [5.41, 5.74) is 7.96. The first-order valence-electron chi connectivity index (χ1n) is 4.03. The van der Waals surface area contributed by atoms with E-state index in [4.69, 9.17) is 5.73 Å². The van der Waals surface area contributed by atoms with Gasteiger partial charge < -0.3 is 11.2 Å². The zero-order chi connectivity index (χ0) is 8.55. The molecule has 0 amide bonds. The van der Waals surface area contributed by atoms with Gasteiger partial charge in [-0.15, -0.1) is 0 Å². The zero-order valence-electron chi connectivity index (χ0n) is 7.54. The van der Waals surface area contributed by atoms with E-state index in [0.717, 1.165) is 16.6 Å². The summed E-state index contributed by atoms with van der Waals surface area (Å²) in [7, 11) is 0. The Bertz CT molecular complexity index is 423. The third-order valence-corrected chi connectivity index (χ3v) is 2.19. The van der Waals surface area contributed by atoms with Gasteiger partial charge in [-0.1, -0.05) is 36.4 Å². The van der Waals surface area contributed by atoms with Crippen molar-refractivity contribution in [3.8, 4) is 0 Å². The first-order valence-corrected chi connectivity index (χ1v) is 4.03. The van der Waals surface area contributed by atoms with Crippen molar-refractivity contribution < 1.29 is 5.48 Å². The molecule has 0 heterocycles. The number of anilines is 1. The predicted octanol–water partition coefficient (Wildman–Crippen LogP) is 1.91. The SMILES string of the molecule is Cc1ccc2ccccc2c1N.O. The minimum Gasteiger partial charge on any atom is -0.412 e. The molecule has 0 saturated heterocycles. The highest BCUT2D eigenvalue weighted by molar-refractivity contribution is 5.94. The Labute approximate surface area is 77.3 Å². The summed E-state index contributed by atoms with van der Waals surface area (Å²) in [6.45, 7) is 2.03. The molecule has 0 saturated carbocycles. The van der Waals surface area contributed by atoms with E-state index in [1.807, 2.05) is 19.1 Å². The fourth-order valence-electron chi connectivity index (χ4n) is 1.40. The number of fused-ring (bicyclic) bond motifs is 1. The number of hydrogen-bond donors (Lipinski definition) is 1. The number of nitrogens with two attached hydrogens (primary N) is 1. The number of aryl methyl sites for hydroxylation is 1. The number of hydrogen-bond acceptors (Lipinski definition) is 1. The molecule has 0 bridgehead atoms. The van der Waals surface area contributed by atoms with Crippen molar-refractivity contribution >= 4 is 16.5 Å². The maximum atomic E-state index is 5.92. The van der Waals surface area contributed by atoms with Gasteiger partial charge in [0.1, 0.15) is 0 Å². The number of rotatable bonds is 0. The second kappa shape index (κ2) is 3.46. The van der Waals surface area contributed by atoms with Crippen LogP contribution in [0.15, 0.2) is 36.4 Å². The largest absolute Gasteiger partial charge is 0.412 e. The van der Waals surface area contributed by atoms with Gasteiger partial charge >= 0.3 is 0 Å². The molecule has 2 aromatic carbocycles. The van der Waals surface area contributed by atoms with E-state index in [9.17, 15) is 0 Å². The molecule has 0 fully saturated rings. The second-order valence-corrected chi connectivity index (χ2v) is 3.02. The van der Waals surface area contributed by atoms with E-state index >= 15 is 0 Å². The van der Waals surface area contributed by atoms with E-state index < -0.39 is 0 Å². The maximum absolute atomic E-state index is 5.92. The Balaban J connectivity index is 0.000000845. The van der Waals surface area contributed by atoms with E-state index in [-0.39, 0.29) is 5.48 Å². The lowest BCUT2D eigenvalue weighted by Gasteiger charge is -2.03. The van der Waals surface area contributed by atoms with Gasteiger partial charge in [0.05, 0.1) is 0 Å². The highest BCUT2D eigenvalue weighted by Gasteiger charge is 1.98. The Morgan fingerprint density at radius 3 is 2.46 bits per heavy atom. The molecular formula is C11H13NO. The van der Waals surface area contributed by atoms with Gasteiger partial charge in [0.25, 0.3) is 0 Å². The highest BCUT2D eigenvalue weighted by atomic mass is 16.0. The molecule has 0 aliphatic rings. The van der Waals surface area contributed by atoms with Crippen LogP contribution in [0.1, 0.15) is 5.56 Å². The lowest BCUT2D eigenvalue weighted by Crippen LogP contribution is -1.90. The van der Waals surface area contributed by atoms with Crippen LogP contribution in [-0.2, 0) is 0 Å². The Morgan fingerprint density at radius 1 is 1.00 bits per heavy atom. The smallest absolute Gasteiger partial charge is 0.0423 e.